The van der Waals surface area contributed by atoms with Crippen molar-refractivity contribution in [1.82, 2.24) is 14.9 Å². The molecule has 1 fully saturated rings. The first-order valence-electron chi connectivity index (χ1n) is 7.35. The summed E-state index contributed by atoms with van der Waals surface area (Å²) >= 11 is 0. The van der Waals surface area contributed by atoms with Crippen LogP contribution in [0.1, 0.15) is 23.3 Å². The molecule has 108 valence electrons. The first kappa shape index (κ1) is 13.9. The van der Waals surface area contributed by atoms with Gasteiger partial charge in [-0.15, -0.1) is 0 Å². The van der Waals surface area contributed by atoms with Crippen molar-refractivity contribution in [3.63, 3.8) is 0 Å². The summed E-state index contributed by atoms with van der Waals surface area (Å²) in [5.41, 5.74) is 2.12. The number of pyridine rings is 2. The fraction of sp³-hybridized carbons (Fsp3) is 0.353. The Morgan fingerprint density at radius 1 is 1.10 bits per heavy atom. The Morgan fingerprint density at radius 3 is 2.57 bits per heavy atom. The van der Waals surface area contributed by atoms with Crippen molar-refractivity contribution >= 4 is 5.78 Å². The zero-order chi connectivity index (χ0) is 14.7. The van der Waals surface area contributed by atoms with Gasteiger partial charge in [0.15, 0.2) is 5.78 Å². The molecule has 0 aromatic carbocycles. The van der Waals surface area contributed by atoms with E-state index in [-0.39, 0.29) is 11.7 Å². The van der Waals surface area contributed by atoms with Crippen molar-refractivity contribution in [2.45, 2.75) is 12.8 Å². The van der Waals surface area contributed by atoms with Crippen LogP contribution < -0.4 is 0 Å². The summed E-state index contributed by atoms with van der Waals surface area (Å²) < 4.78 is 0. The van der Waals surface area contributed by atoms with Crippen LogP contribution in [0.3, 0.4) is 0 Å². The molecule has 2 aromatic heterocycles. The van der Waals surface area contributed by atoms with E-state index in [1.54, 1.807) is 6.20 Å². The van der Waals surface area contributed by atoms with Gasteiger partial charge >= 0.3 is 0 Å². The molecule has 4 nitrogen and oxygen atoms in total. The minimum absolute atomic E-state index is 0.104. The van der Waals surface area contributed by atoms with Crippen molar-refractivity contribution < 1.29 is 4.79 Å². The molecule has 3 heterocycles. The monoisotopic (exact) mass is 281 g/mol. The van der Waals surface area contributed by atoms with Gasteiger partial charge in [-0.3, -0.25) is 9.78 Å². The molecule has 1 aliphatic heterocycles. The molecule has 2 aromatic rings. The molecule has 0 saturated carbocycles. The number of carbonyl (C=O) groups excluding carboxylic acids is 1. The minimum Gasteiger partial charge on any atom is -0.306 e. The number of nitrogens with zero attached hydrogens (tertiary/aromatic N) is 3. The molecular formula is C17H19N3O. The highest BCUT2D eigenvalue weighted by Gasteiger charge is 2.25. The highest BCUT2D eigenvalue weighted by atomic mass is 16.1. The molecule has 0 bridgehead atoms. The largest absolute Gasteiger partial charge is 0.306 e. The number of Topliss-reactive ketones (excluding diaryl/α,β-unsaturated/α-hetero) is 1. The molecule has 0 atom stereocenters. The van der Waals surface area contributed by atoms with Gasteiger partial charge in [-0.05, 0) is 57.2 Å². The van der Waals surface area contributed by atoms with Crippen molar-refractivity contribution in [1.29, 1.82) is 0 Å². The third kappa shape index (κ3) is 3.16. The van der Waals surface area contributed by atoms with Crippen LogP contribution in [0.25, 0.3) is 11.4 Å². The van der Waals surface area contributed by atoms with Crippen LogP contribution in [-0.4, -0.2) is 40.8 Å². The van der Waals surface area contributed by atoms with Gasteiger partial charge in [0.2, 0.25) is 0 Å². The standard InChI is InChI=1S/C17H19N3O/c1-20-11-8-13(9-12-20)17(21)16-7-4-6-15(19-16)14-5-2-3-10-18-14/h2-7,10,13H,8-9,11-12H2,1H3. The molecule has 3 rings (SSSR count). The Kier molecular flexibility index (Phi) is 4.06. The Balaban J connectivity index is 1.81. The Labute approximate surface area is 124 Å². The zero-order valence-corrected chi connectivity index (χ0v) is 12.2. The summed E-state index contributed by atoms with van der Waals surface area (Å²) in [6.07, 6.45) is 3.58. The van der Waals surface area contributed by atoms with Gasteiger partial charge in [-0.1, -0.05) is 12.1 Å². The summed E-state index contributed by atoms with van der Waals surface area (Å²) in [5.74, 6) is 0.272. The van der Waals surface area contributed by atoms with E-state index in [4.69, 9.17) is 0 Å². The molecule has 0 aliphatic carbocycles. The van der Waals surface area contributed by atoms with Crippen molar-refractivity contribution in [2.75, 3.05) is 20.1 Å². The summed E-state index contributed by atoms with van der Waals surface area (Å²) in [7, 11) is 2.10. The van der Waals surface area contributed by atoms with E-state index in [1.165, 1.54) is 0 Å². The van der Waals surface area contributed by atoms with Gasteiger partial charge in [0.25, 0.3) is 0 Å². The Morgan fingerprint density at radius 2 is 1.86 bits per heavy atom. The molecule has 0 radical (unpaired) electrons. The van der Waals surface area contributed by atoms with E-state index in [0.717, 1.165) is 37.3 Å². The first-order valence-corrected chi connectivity index (χ1v) is 7.35. The maximum atomic E-state index is 12.6. The number of ketones is 1. The topological polar surface area (TPSA) is 46.1 Å². The van der Waals surface area contributed by atoms with E-state index in [9.17, 15) is 4.79 Å². The molecule has 1 saturated heterocycles. The third-order valence-corrected chi connectivity index (χ3v) is 4.02. The number of hydrogen-bond acceptors (Lipinski definition) is 4. The smallest absolute Gasteiger partial charge is 0.184 e. The molecule has 0 amide bonds. The van der Waals surface area contributed by atoms with Gasteiger partial charge in [-0.25, -0.2) is 4.98 Å². The number of hydrogen-bond donors (Lipinski definition) is 0. The number of aromatic nitrogens is 2. The van der Waals surface area contributed by atoms with Gasteiger partial charge < -0.3 is 4.90 Å². The highest BCUT2D eigenvalue weighted by Crippen LogP contribution is 2.21. The van der Waals surface area contributed by atoms with Crippen LogP contribution in [0, 0.1) is 5.92 Å². The summed E-state index contributed by atoms with van der Waals surface area (Å²) in [4.78, 5) is 23.7. The van der Waals surface area contributed by atoms with Crippen molar-refractivity contribution in [3.05, 3.63) is 48.3 Å². The first-order chi connectivity index (χ1) is 10.2. The van der Waals surface area contributed by atoms with E-state index in [2.05, 4.69) is 21.9 Å². The van der Waals surface area contributed by atoms with Gasteiger partial charge in [-0.2, -0.15) is 0 Å². The number of piperidine rings is 1. The second-order valence-electron chi connectivity index (χ2n) is 5.56. The van der Waals surface area contributed by atoms with Crippen LogP contribution in [-0.2, 0) is 0 Å². The predicted molar refractivity (Wildman–Crippen MR) is 82.0 cm³/mol. The van der Waals surface area contributed by atoms with E-state index < -0.39 is 0 Å². The quantitative estimate of drug-likeness (QED) is 0.811. The fourth-order valence-electron chi connectivity index (χ4n) is 2.71. The lowest BCUT2D eigenvalue weighted by Gasteiger charge is -2.27. The minimum atomic E-state index is 0.104. The second-order valence-corrected chi connectivity index (χ2v) is 5.56. The molecule has 0 N–H and O–H groups in total. The van der Waals surface area contributed by atoms with Crippen molar-refractivity contribution in [3.8, 4) is 11.4 Å². The van der Waals surface area contributed by atoms with Crippen LogP contribution >= 0.6 is 0 Å². The van der Waals surface area contributed by atoms with Crippen molar-refractivity contribution in [2.24, 2.45) is 5.92 Å². The highest BCUT2D eigenvalue weighted by molar-refractivity contribution is 5.96. The summed E-state index contributed by atoms with van der Waals surface area (Å²) in [6.45, 7) is 1.96. The Bertz CT molecular complexity index is 619. The molecule has 1 aliphatic rings. The average molecular weight is 281 g/mol. The van der Waals surface area contributed by atoms with Crippen LogP contribution in [0.15, 0.2) is 42.6 Å². The van der Waals surface area contributed by atoms with Crippen LogP contribution in [0.2, 0.25) is 0 Å². The van der Waals surface area contributed by atoms with Crippen LogP contribution in [0.5, 0.6) is 0 Å². The second kappa shape index (κ2) is 6.14. The number of likely N-dealkylation sites (tertiary alicyclic amines) is 1. The lowest BCUT2D eigenvalue weighted by Crippen LogP contribution is -2.33. The normalized spacial score (nSPS) is 16.8. The number of carbonyl (C=O) groups is 1. The van der Waals surface area contributed by atoms with E-state index >= 15 is 0 Å². The summed E-state index contributed by atoms with van der Waals surface area (Å²) in [6, 6.07) is 11.3. The predicted octanol–water partition coefficient (Wildman–Crippen LogP) is 2.67. The number of rotatable bonds is 3. The van der Waals surface area contributed by atoms with Crippen LogP contribution in [0.4, 0.5) is 0 Å². The molecule has 0 unspecified atom stereocenters. The molecule has 0 spiro atoms. The summed E-state index contributed by atoms with van der Waals surface area (Å²) in [5, 5.41) is 0. The zero-order valence-electron chi connectivity index (χ0n) is 12.2. The van der Waals surface area contributed by atoms with Gasteiger partial charge in [0.1, 0.15) is 5.69 Å². The van der Waals surface area contributed by atoms with Gasteiger partial charge in [0.05, 0.1) is 11.4 Å². The molecule has 4 heteroatoms. The lowest BCUT2D eigenvalue weighted by atomic mass is 9.91. The van der Waals surface area contributed by atoms with Gasteiger partial charge in [0, 0.05) is 12.1 Å². The SMILES string of the molecule is CN1CCC(C(=O)c2cccc(-c3ccccn3)n2)CC1. The average Bonchev–Trinajstić information content (AvgIpc) is 2.56. The Hall–Kier alpha value is -2.07. The fourth-order valence-corrected chi connectivity index (χ4v) is 2.71. The lowest BCUT2D eigenvalue weighted by molar-refractivity contribution is 0.0851. The van der Waals surface area contributed by atoms with E-state index in [1.807, 2.05) is 36.4 Å². The third-order valence-electron chi connectivity index (χ3n) is 4.02. The maximum Gasteiger partial charge on any atom is 0.184 e. The molecular weight excluding hydrogens is 262 g/mol. The van der Waals surface area contributed by atoms with E-state index in [0.29, 0.717) is 5.69 Å². The maximum absolute atomic E-state index is 12.6. The molecule has 21 heavy (non-hydrogen) atoms.